The topological polar surface area (TPSA) is 32.7 Å². The van der Waals surface area contributed by atoms with Gasteiger partial charge in [-0.1, -0.05) is 42.2 Å². The third kappa shape index (κ3) is 2.50. The Morgan fingerprint density at radius 1 is 1.13 bits per heavy atom. The second-order valence-electron chi connectivity index (χ2n) is 5.19. The molecule has 0 atom stereocenters. The number of aliphatic imine (C=N–C) groups is 1. The van der Waals surface area contributed by atoms with E-state index in [-0.39, 0.29) is 12.5 Å². The van der Waals surface area contributed by atoms with Crippen LogP contribution in [0.15, 0.2) is 47.5 Å². The van der Waals surface area contributed by atoms with Gasteiger partial charge in [0, 0.05) is 29.3 Å². The molecule has 3 rings (SSSR count). The average molecular weight is 298 g/mol. The molecule has 0 aliphatic carbocycles. The molecule has 1 aliphatic heterocycles. The molecule has 3 heteroatoms. The van der Waals surface area contributed by atoms with Crippen LogP contribution in [-0.2, 0) is 4.79 Å². The van der Waals surface area contributed by atoms with Crippen LogP contribution in [-0.4, -0.2) is 25.2 Å². The summed E-state index contributed by atoms with van der Waals surface area (Å²) in [6.07, 6.45) is 11.2. The molecule has 1 heterocycles. The van der Waals surface area contributed by atoms with Crippen molar-refractivity contribution in [1.82, 2.24) is 0 Å². The van der Waals surface area contributed by atoms with Gasteiger partial charge in [0.25, 0.3) is 0 Å². The summed E-state index contributed by atoms with van der Waals surface area (Å²) in [6, 6.07) is 13.3. The Morgan fingerprint density at radius 3 is 2.52 bits per heavy atom. The molecule has 0 radical (unpaired) electrons. The number of amides is 1. The summed E-state index contributed by atoms with van der Waals surface area (Å²) in [4.78, 5) is 18.4. The zero-order valence-corrected chi connectivity index (χ0v) is 12.7. The number of likely N-dealkylation sites (N-methyl/N-ethyl adjacent to an activating group) is 1. The van der Waals surface area contributed by atoms with Gasteiger partial charge in [-0.25, -0.2) is 0 Å². The van der Waals surface area contributed by atoms with Crippen molar-refractivity contribution < 1.29 is 4.79 Å². The quantitative estimate of drug-likeness (QED) is 0.744. The SMILES string of the molecule is C#Cc1cc(C#C)c2c(c1)C(c1ccccc1)=NCC(=O)N2C. The lowest BCUT2D eigenvalue weighted by molar-refractivity contribution is -0.116. The fourth-order valence-electron chi connectivity index (χ4n) is 2.68. The number of nitrogens with zero attached hydrogens (tertiary/aromatic N) is 2. The number of fused-ring (bicyclic) bond motifs is 1. The molecule has 2 aromatic rings. The van der Waals surface area contributed by atoms with Crippen LogP contribution in [0.25, 0.3) is 0 Å². The molecular formula is C20H14N2O. The van der Waals surface area contributed by atoms with Crippen molar-refractivity contribution in [2.45, 2.75) is 0 Å². The van der Waals surface area contributed by atoms with E-state index in [1.807, 2.05) is 36.4 Å². The van der Waals surface area contributed by atoms with Crippen LogP contribution in [0.4, 0.5) is 5.69 Å². The van der Waals surface area contributed by atoms with E-state index in [0.29, 0.717) is 16.8 Å². The molecular weight excluding hydrogens is 284 g/mol. The number of benzene rings is 2. The van der Waals surface area contributed by atoms with Crippen LogP contribution in [0.1, 0.15) is 22.3 Å². The highest BCUT2D eigenvalue weighted by Crippen LogP contribution is 2.30. The molecule has 0 fully saturated rings. The first-order chi connectivity index (χ1) is 11.2. The first kappa shape index (κ1) is 14.6. The molecule has 2 aromatic carbocycles. The van der Waals surface area contributed by atoms with Crippen molar-refractivity contribution in [3.05, 3.63) is 64.7 Å². The van der Waals surface area contributed by atoms with Crippen molar-refractivity contribution in [1.29, 1.82) is 0 Å². The number of benzodiazepines with no additional fused rings is 1. The number of carbonyl (C=O) groups is 1. The molecule has 3 nitrogen and oxygen atoms in total. The van der Waals surface area contributed by atoms with Crippen LogP contribution < -0.4 is 4.90 Å². The van der Waals surface area contributed by atoms with Crippen LogP contribution in [0.2, 0.25) is 0 Å². The Bertz CT molecular complexity index is 896. The second kappa shape index (κ2) is 5.83. The van der Waals surface area contributed by atoms with E-state index >= 15 is 0 Å². The molecule has 0 bridgehead atoms. The van der Waals surface area contributed by atoms with Gasteiger partial charge in [0.1, 0.15) is 6.54 Å². The predicted octanol–water partition coefficient (Wildman–Crippen LogP) is 2.46. The Hall–Kier alpha value is -3.30. The van der Waals surface area contributed by atoms with Gasteiger partial charge in [-0.2, -0.15) is 0 Å². The van der Waals surface area contributed by atoms with E-state index in [1.165, 1.54) is 0 Å². The molecule has 1 aliphatic rings. The Labute approximate surface area is 135 Å². The fourth-order valence-corrected chi connectivity index (χ4v) is 2.68. The molecule has 0 saturated carbocycles. The summed E-state index contributed by atoms with van der Waals surface area (Å²) < 4.78 is 0. The largest absolute Gasteiger partial charge is 0.312 e. The number of anilines is 1. The minimum atomic E-state index is -0.109. The highest BCUT2D eigenvalue weighted by atomic mass is 16.2. The zero-order chi connectivity index (χ0) is 16.4. The van der Waals surface area contributed by atoms with Gasteiger partial charge in [0.15, 0.2) is 0 Å². The summed E-state index contributed by atoms with van der Waals surface area (Å²) >= 11 is 0. The zero-order valence-electron chi connectivity index (χ0n) is 12.7. The maximum absolute atomic E-state index is 12.3. The predicted molar refractivity (Wildman–Crippen MR) is 92.7 cm³/mol. The first-order valence-corrected chi connectivity index (χ1v) is 7.13. The summed E-state index contributed by atoms with van der Waals surface area (Å²) in [5, 5.41) is 0. The molecule has 0 saturated heterocycles. The monoisotopic (exact) mass is 298 g/mol. The van der Waals surface area contributed by atoms with E-state index < -0.39 is 0 Å². The van der Waals surface area contributed by atoms with Gasteiger partial charge in [-0.3, -0.25) is 9.79 Å². The number of hydrogen-bond acceptors (Lipinski definition) is 2. The van der Waals surface area contributed by atoms with Gasteiger partial charge in [-0.05, 0) is 12.1 Å². The van der Waals surface area contributed by atoms with Gasteiger partial charge in [0.05, 0.1) is 11.4 Å². The van der Waals surface area contributed by atoms with E-state index in [2.05, 4.69) is 16.8 Å². The molecule has 0 spiro atoms. The average Bonchev–Trinajstić information content (AvgIpc) is 2.72. The maximum atomic E-state index is 12.3. The van der Waals surface area contributed by atoms with E-state index in [0.717, 1.165) is 16.8 Å². The Kier molecular flexibility index (Phi) is 3.71. The van der Waals surface area contributed by atoms with E-state index in [1.54, 1.807) is 18.0 Å². The van der Waals surface area contributed by atoms with Crippen LogP contribution in [0, 0.1) is 24.7 Å². The third-order valence-corrected chi connectivity index (χ3v) is 3.82. The van der Waals surface area contributed by atoms with Crippen molar-refractivity contribution in [3.63, 3.8) is 0 Å². The van der Waals surface area contributed by atoms with Gasteiger partial charge >= 0.3 is 0 Å². The summed E-state index contributed by atoms with van der Waals surface area (Å²) in [7, 11) is 1.71. The smallest absolute Gasteiger partial charge is 0.248 e. The molecule has 0 aromatic heterocycles. The second-order valence-corrected chi connectivity index (χ2v) is 5.19. The van der Waals surface area contributed by atoms with Crippen LogP contribution in [0.5, 0.6) is 0 Å². The lowest BCUT2D eigenvalue weighted by Crippen LogP contribution is -2.28. The van der Waals surface area contributed by atoms with E-state index in [4.69, 9.17) is 12.8 Å². The highest BCUT2D eigenvalue weighted by molar-refractivity contribution is 6.20. The van der Waals surface area contributed by atoms with Crippen LogP contribution >= 0.6 is 0 Å². The van der Waals surface area contributed by atoms with Crippen molar-refractivity contribution >= 4 is 17.3 Å². The van der Waals surface area contributed by atoms with Gasteiger partial charge in [-0.15, -0.1) is 12.8 Å². The van der Waals surface area contributed by atoms with Gasteiger partial charge < -0.3 is 4.90 Å². The lowest BCUT2D eigenvalue weighted by atomic mass is 9.95. The minimum absolute atomic E-state index is 0.0742. The number of carbonyl (C=O) groups excluding carboxylic acids is 1. The van der Waals surface area contributed by atoms with Crippen molar-refractivity contribution in [2.75, 3.05) is 18.5 Å². The summed E-state index contributed by atoms with van der Waals surface area (Å²) in [5.41, 5.74) is 4.38. The summed E-state index contributed by atoms with van der Waals surface area (Å²) in [6.45, 7) is 0.0742. The highest BCUT2D eigenvalue weighted by Gasteiger charge is 2.25. The standard InChI is InChI=1S/C20H14N2O/c1-4-14-11-15(5-2)20-17(12-14)19(16-9-7-6-8-10-16)21-13-18(23)22(20)3/h1-2,6-12H,13H2,3H3. The molecule has 1 amide bonds. The van der Waals surface area contributed by atoms with Gasteiger partial charge in [0.2, 0.25) is 5.91 Å². The van der Waals surface area contributed by atoms with Crippen molar-refractivity contribution in [3.8, 4) is 24.7 Å². The van der Waals surface area contributed by atoms with E-state index in [9.17, 15) is 4.79 Å². The van der Waals surface area contributed by atoms with Crippen LogP contribution in [0.3, 0.4) is 0 Å². The Morgan fingerprint density at radius 2 is 1.87 bits per heavy atom. The minimum Gasteiger partial charge on any atom is -0.312 e. The van der Waals surface area contributed by atoms with Crippen molar-refractivity contribution in [2.24, 2.45) is 4.99 Å². The molecule has 110 valence electrons. The third-order valence-electron chi connectivity index (χ3n) is 3.82. The number of terminal acetylenes is 2. The fraction of sp³-hybridized carbons (Fsp3) is 0.100. The normalized spacial score (nSPS) is 13.4. The molecule has 0 N–H and O–H groups in total. The summed E-state index contributed by atoms with van der Waals surface area (Å²) in [5.74, 6) is 5.14. The molecule has 0 unspecified atom stereocenters. The maximum Gasteiger partial charge on any atom is 0.248 e. The number of rotatable bonds is 1. The number of hydrogen-bond donors (Lipinski definition) is 0. The Balaban J connectivity index is 2.35. The lowest BCUT2D eigenvalue weighted by Gasteiger charge is -2.20. The first-order valence-electron chi connectivity index (χ1n) is 7.13. The molecule has 23 heavy (non-hydrogen) atoms.